The minimum absolute atomic E-state index is 0.00719. The number of nitro groups is 1. The number of rotatable bonds is 5. The van der Waals surface area contributed by atoms with Crippen LogP contribution in [0, 0.1) is 15.9 Å². The molecule has 1 atom stereocenters. The topological polar surface area (TPSA) is 118 Å². The second-order valence-corrected chi connectivity index (χ2v) is 9.09. The summed E-state index contributed by atoms with van der Waals surface area (Å²) >= 11 is 1.28. The lowest BCUT2D eigenvalue weighted by Gasteiger charge is -2.32. The third-order valence-corrected chi connectivity index (χ3v) is 6.89. The Kier molecular flexibility index (Phi) is 5.74. The van der Waals surface area contributed by atoms with Crippen LogP contribution in [0.5, 0.6) is 0 Å². The van der Waals surface area contributed by atoms with Crippen molar-refractivity contribution >= 4 is 29.1 Å². The summed E-state index contributed by atoms with van der Waals surface area (Å²) < 4.78 is 14.1. The van der Waals surface area contributed by atoms with E-state index in [0.717, 1.165) is 11.3 Å². The Balaban J connectivity index is 1.50. The van der Waals surface area contributed by atoms with Gasteiger partial charge in [-0.3, -0.25) is 19.7 Å². The van der Waals surface area contributed by atoms with Crippen molar-refractivity contribution in [2.24, 2.45) is 0 Å². The van der Waals surface area contributed by atoms with Gasteiger partial charge in [-0.15, -0.1) is 0 Å². The molecule has 2 heterocycles. The van der Waals surface area contributed by atoms with Gasteiger partial charge >= 0.3 is 0 Å². The number of aromatic amines is 1. The summed E-state index contributed by atoms with van der Waals surface area (Å²) in [4.78, 5) is 43.8. The van der Waals surface area contributed by atoms with Gasteiger partial charge in [0.25, 0.3) is 11.2 Å². The molecule has 10 heteroatoms. The van der Waals surface area contributed by atoms with E-state index in [9.17, 15) is 24.1 Å². The van der Waals surface area contributed by atoms with Crippen molar-refractivity contribution in [1.29, 1.82) is 0 Å². The van der Waals surface area contributed by atoms with Gasteiger partial charge < -0.3 is 10.3 Å². The Morgan fingerprint density at radius 1 is 1.15 bits per heavy atom. The van der Waals surface area contributed by atoms with Crippen molar-refractivity contribution in [2.45, 2.75) is 36.1 Å². The van der Waals surface area contributed by atoms with E-state index in [1.807, 2.05) is 0 Å². The fraction of sp³-hybridized carbons (Fsp3) is 0.208. The summed E-state index contributed by atoms with van der Waals surface area (Å²) in [5.74, 6) is -0.385. The highest BCUT2D eigenvalue weighted by atomic mass is 32.2. The smallest absolute Gasteiger partial charge is 0.269 e. The van der Waals surface area contributed by atoms with Crippen LogP contribution in [0.3, 0.4) is 0 Å². The molecule has 0 fully saturated rings. The molecule has 2 aliphatic rings. The van der Waals surface area contributed by atoms with E-state index in [0.29, 0.717) is 52.7 Å². The highest BCUT2D eigenvalue weighted by Crippen LogP contribution is 2.43. The van der Waals surface area contributed by atoms with Crippen LogP contribution in [0.4, 0.5) is 15.9 Å². The molecule has 0 saturated heterocycles. The maximum Gasteiger partial charge on any atom is 0.269 e. The Bertz CT molecular complexity index is 1400. The molecule has 8 nitrogen and oxygen atoms in total. The number of Topliss-reactive ketones (excluding diaryl/α,β-unsaturated/α-hetero) is 1. The van der Waals surface area contributed by atoms with Gasteiger partial charge in [0.15, 0.2) is 10.9 Å². The number of allylic oxidation sites excluding steroid dienone is 2. The number of fused-ring (bicyclic) bond motifs is 1. The molecule has 5 rings (SSSR count). The van der Waals surface area contributed by atoms with Gasteiger partial charge in [0.1, 0.15) is 11.6 Å². The van der Waals surface area contributed by atoms with Gasteiger partial charge in [0.05, 0.1) is 10.5 Å². The molecule has 3 aromatic rings. The highest BCUT2D eigenvalue weighted by Gasteiger charge is 2.38. The molecule has 2 aromatic carbocycles. The summed E-state index contributed by atoms with van der Waals surface area (Å²) in [5, 5.41) is 14.4. The molecular weight excluding hydrogens is 459 g/mol. The van der Waals surface area contributed by atoms with Crippen LogP contribution in [0.25, 0.3) is 0 Å². The van der Waals surface area contributed by atoms with Gasteiger partial charge in [-0.2, -0.15) is 0 Å². The fourth-order valence-corrected chi connectivity index (χ4v) is 5.21. The Hall–Kier alpha value is -3.79. The Morgan fingerprint density at radius 3 is 2.68 bits per heavy atom. The number of anilines is 1. The number of aromatic nitrogens is 2. The first-order chi connectivity index (χ1) is 16.4. The van der Waals surface area contributed by atoms with Crippen LogP contribution in [0.1, 0.15) is 41.9 Å². The normalized spacial score (nSPS) is 17.1. The van der Waals surface area contributed by atoms with Crippen LogP contribution >= 0.6 is 11.8 Å². The SMILES string of the molecule is O=C1CCCC2=C1[C@@H](c1cccc(F)c1)c1c(nc(SCc3ccc([N+](=O)[O-])cc3)[nH]c1=O)N2. The molecule has 0 amide bonds. The second-order valence-electron chi connectivity index (χ2n) is 8.13. The number of thioether (sulfide) groups is 1. The summed E-state index contributed by atoms with van der Waals surface area (Å²) in [6.45, 7) is 0. The molecule has 0 spiro atoms. The van der Waals surface area contributed by atoms with Crippen LogP contribution in [-0.2, 0) is 10.5 Å². The van der Waals surface area contributed by atoms with E-state index in [1.165, 1.54) is 36.0 Å². The second kappa shape index (κ2) is 8.86. The number of halogens is 1. The van der Waals surface area contributed by atoms with Gasteiger partial charge in [-0.05, 0) is 36.1 Å². The average molecular weight is 479 g/mol. The number of ketones is 1. The van der Waals surface area contributed by atoms with E-state index < -0.39 is 22.2 Å². The predicted molar refractivity (Wildman–Crippen MR) is 125 cm³/mol. The first kappa shape index (κ1) is 22.0. The summed E-state index contributed by atoms with van der Waals surface area (Å²) in [6, 6.07) is 12.1. The van der Waals surface area contributed by atoms with Crippen molar-refractivity contribution in [3.8, 4) is 0 Å². The zero-order chi connectivity index (χ0) is 23.8. The van der Waals surface area contributed by atoms with E-state index in [2.05, 4.69) is 15.3 Å². The number of H-pyrrole nitrogens is 1. The van der Waals surface area contributed by atoms with E-state index in [-0.39, 0.29) is 11.5 Å². The van der Waals surface area contributed by atoms with E-state index in [4.69, 9.17) is 0 Å². The number of non-ortho nitro benzene ring substituents is 1. The molecule has 0 unspecified atom stereocenters. The minimum Gasteiger partial charge on any atom is -0.343 e. The lowest BCUT2D eigenvalue weighted by Crippen LogP contribution is -2.32. The van der Waals surface area contributed by atoms with E-state index in [1.54, 1.807) is 24.3 Å². The van der Waals surface area contributed by atoms with Gasteiger partial charge in [0.2, 0.25) is 0 Å². The molecule has 0 bridgehead atoms. The number of hydrogen-bond acceptors (Lipinski definition) is 7. The van der Waals surface area contributed by atoms with Crippen LogP contribution in [0.2, 0.25) is 0 Å². The Morgan fingerprint density at radius 2 is 1.94 bits per heavy atom. The lowest BCUT2D eigenvalue weighted by atomic mass is 9.76. The molecule has 0 saturated carbocycles. The van der Waals surface area contributed by atoms with Gasteiger partial charge in [-0.25, -0.2) is 9.37 Å². The zero-order valence-corrected chi connectivity index (χ0v) is 18.7. The van der Waals surface area contributed by atoms with Crippen molar-refractivity contribution in [3.05, 3.63) is 103 Å². The van der Waals surface area contributed by atoms with E-state index >= 15 is 0 Å². The first-order valence-corrected chi connectivity index (χ1v) is 11.7. The molecule has 34 heavy (non-hydrogen) atoms. The lowest BCUT2D eigenvalue weighted by molar-refractivity contribution is -0.384. The molecule has 172 valence electrons. The fourth-order valence-electron chi connectivity index (χ4n) is 4.39. The van der Waals surface area contributed by atoms with Crippen LogP contribution in [-0.4, -0.2) is 20.7 Å². The molecular formula is C24H19FN4O4S. The number of nitrogens with zero attached hydrogens (tertiary/aromatic N) is 2. The van der Waals surface area contributed by atoms with Crippen molar-refractivity contribution in [1.82, 2.24) is 9.97 Å². The first-order valence-electron chi connectivity index (χ1n) is 10.7. The summed E-state index contributed by atoms with van der Waals surface area (Å²) in [7, 11) is 0. The van der Waals surface area contributed by atoms with Crippen LogP contribution < -0.4 is 10.9 Å². The number of carbonyl (C=O) groups is 1. The predicted octanol–water partition coefficient (Wildman–Crippen LogP) is 4.67. The highest BCUT2D eigenvalue weighted by molar-refractivity contribution is 7.98. The summed E-state index contributed by atoms with van der Waals surface area (Å²) in [5.41, 5.74) is 2.49. The maximum absolute atomic E-state index is 14.1. The largest absolute Gasteiger partial charge is 0.343 e. The molecule has 1 aliphatic carbocycles. The number of nitro benzene ring substituents is 1. The van der Waals surface area contributed by atoms with Crippen molar-refractivity contribution < 1.29 is 14.1 Å². The average Bonchev–Trinajstić information content (AvgIpc) is 2.82. The quantitative estimate of drug-likeness (QED) is 0.237. The number of nitrogens with one attached hydrogen (secondary N) is 2. The third kappa shape index (κ3) is 4.12. The molecule has 1 aromatic heterocycles. The standard InChI is InChI=1S/C24H19FN4O4S/c25-15-4-1-3-14(11-15)19-20-17(5-2-6-18(20)30)26-22-21(19)23(31)28-24(27-22)34-12-13-7-9-16(10-8-13)29(32)33/h1,3-4,7-11,19H,2,5-6,12H2,(H2,26,27,28,31)/t19-/m1/s1. The van der Waals surface area contributed by atoms with Crippen LogP contribution in [0.15, 0.2) is 69.8 Å². The third-order valence-electron chi connectivity index (χ3n) is 5.94. The number of carbonyl (C=O) groups excluding carboxylic acids is 1. The molecule has 2 N–H and O–H groups in total. The van der Waals surface area contributed by atoms with Crippen molar-refractivity contribution in [3.63, 3.8) is 0 Å². The molecule has 0 radical (unpaired) electrons. The van der Waals surface area contributed by atoms with Gasteiger partial charge in [-0.1, -0.05) is 36.0 Å². The maximum atomic E-state index is 14.1. The zero-order valence-electron chi connectivity index (χ0n) is 17.8. The number of hydrogen-bond donors (Lipinski definition) is 2. The van der Waals surface area contributed by atoms with Crippen molar-refractivity contribution in [2.75, 3.05) is 5.32 Å². The monoisotopic (exact) mass is 478 g/mol. The minimum atomic E-state index is -0.695. The molecule has 1 aliphatic heterocycles. The summed E-state index contributed by atoms with van der Waals surface area (Å²) in [6.07, 6.45) is 1.73. The Labute approximate surface area is 197 Å². The van der Waals surface area contributed by atoms with Gasteiger partial charge in [0, 0.05) is 41.5 Å². The number of benzene rings is 2.